The molecule has 2 atom stereocenters. The van der Waals surface area contributed by atoms with Crippen LogP contribution in [0.4, 0.5) is 0 Å². The summed E-state index contributed by atoms with van der Waals surface area (Å²) in [6.45, 7) is 14.9. The summed E-state index contributed by atoms with van der Waals surface area (Å²) in [6.07, 6.45) is 5.44. The lowest BCUT2D eigenvalue weighted by Crippen LogP contribution is -2.56. The third-order valence-electron chi connectivity index (χ3n) is 5.96. The fourth-order valence-electron chi connectivity index (χ4n) is 5.06. The third kappa shape index (κ3) is 3.28. The predicted octanol–water partition coefficient (Wildman–Crippen LogP) is 4.72. The van der Waals surface area contributed by atoms with Crippen LogP contribution in [0.5, 0.6) is 0 Å². The van der Waals surface area contributed by atoms with E-state index >= 15 is 0 Å². The van der Waals surface area contributed by atoms with Crippen molar-refractivity contribution < 1.29 is 9.22 Å². The van der Waals surface area contributed by atoms with Crippen molar-refractivity contribution in [3.05, 3.63) is 0 Å². The largest absolute Gasteiger partial charge is 0.413 e. The van der Waals surface area contributed by atoms with Gasteiger partial charge >= 0.3 is 0 Å². The minimum absolute atomic E-state index is 0.158. The van der Waals surface area contributed by atoms with E-state index in [4.69, 9.17) is 4.43 Å². The summed E-state index contributed by atoms with van der Waals surface area (Å²) in [7, 11) is -1.87. The zero-order chi connectivity index (χ0) is 16.5. The molecule has 22 heavy (non-hydrogen) atoms. The van der Waals surface area contributed by atoms with E-state index in [2.05, 4.69) is 46.4 Å². The van der Waals surface area contributed by atoms with Crippen LogP contribution in [0.1, 0.15) is 73.6 Å². The highest BCUT2D eigenvalue weighted by atomic mass is 28.4. The van der Waals surface area contributed by atoms with Crippen LogP contribution < -0.4 is 0 Å². The second-order valence-corrected chi connectivity index (χ2v) is 13.6. The first-order chi connectivity index (χ1) is 10.3. The van der Waals surface area contributed by atoms with Gasteiger partial charge in [-0.25, -0.2) is 0 Å². The van der Waals surface area contributed by atoms with Gasteiger partial charge in [0.15, 0.2) is 0 Å². The molecule has 2 aliphatic rings. The van der Waals surface area contributed by atoms with Crippen LogP contribution in [-0.2, 0) is 9.22 Å². The Morgan fingerprint density at radius 3 is 2.18 bits per heavy atom. The summed E-state index contributed by atoms with van der Waals surface area (Å²) in [6, 6.07) is 0.443. The summed E-state index contributed by atoms with van der Waals surface area (Å²) in [5.41, 5.74) is 1.77. The van der Waals surface area contributed by atoms with Gasteiger partial charge in [-0.05, 0) is 42.3 Å². The number of rotatable bonds is 5. The van der Waals surface area contributed by atoms with E-state index in [1.54, 1.807) is 0 Å². The highest BCUT2D eigenvalue weighted by Gasteiger charge is 2.48. The molecule has 0 unspecified atom stereocenters. The van der Waals surface area contributed by atoms with E-state index in [9.17, 15) is 4.79 Å². The van der Waals surface area contributed by atoms with Gasteiger partial charge in [-0.2, -0.15) is 0 Å². The van der Waals surface area contributed by atoms with Crippen molar-refractivity contribution in [1.29, 1.82) is 0 Å². The Balaban J connectivity index is 2.15. The minimum atomic E-state index is -1.87. The number of hydrogen-bond donors (Lipinski definition) is 0. The Morgan fingerprint density at radius 2 is 1.64 bits per heavy atom. The normalized spacial score (nSPS) is 27.0. The van der Waals surface area contributed by atoms with Gasteiger partial charge in [-0.1, -0.05) is 41.5 Å². The molecular formula is C18H35NO2Si. The van der Waals surface area contributed by atoms with E-state index in [-0.39, 0.29) is 6.10 Å². The zero-order valence-corrected chi connectivity index (χ0v) is 16.4. The Labute approximate surface area is 137 Å². The molecule has 2 rings (SSSR count). The molecule has 0 N–H and O–H groups in total. The molecule has 0 aliphatic carbocycles. The molecule has 0 aromatic rings. The standard InChI is InChI=1S/C18H35NO2Si/c1-13(2)22(14(3)4,15(5)6)21-17-11-16-9-7-8-10-19(16)18(20)12-17/h13-17H,7-12H2,1-6H3/t16-,17-/m1/s1. The van der Waals surface area contributed by atoms with Gasteiger partial charge < -0.3 is 9.33 Å². The SMILES string of the molecule is CC(C)[Si](O[C@H]1CC(=O)N2CCCC[C@@H]2C1)(C(C)C)C(C)C. The van der Waals surface area contributed by atoms with E-state index in [0.717, 1.165) is 13.0 Å². The monoisotopic (exact) mass is 325 g/mol. The zero-order valence-electron chi connectivity index (χ0n) is 15.4. The number of carbonyl (C=O) groups excluding carboxylic acids is 1. The molecular weight excluding hydrogens is 290 g/mol. The Bertz CT molecular complexity index is 373. The van der Waals surface area contributed by atoms with Crippen molar-refractivity contribution in [1.82, 2.24) is 4.90 Å². The summed E-state index contributed by atoms with van der Waals surface area (Å²) < 4.78 is 6.87. The highest BCUT2D eigenvalue weighted by molar-refractivity contribution is 6.77. The van der Waals surface area contributed by atoms with Crippen molar-refractivity contribution >= 4 is 14.2 Å². The van der Waals surface area contributed by atoms with Crippen LogP contribution in [-0.4, -0.2) is 37.8 Å². The molecule has 2 fully saturated rings. The molecule has 0 radical (unpaired) electrons. The maximum Gasteiger partial charge on any atom is 0.225 e. The molecule has 0 spiro atoms. The molecule has 0 bridgehead atoms. The lowest BCUT2D eigenvalue weighted by Gasteiger charge is -2.48. The first kappa shape index (κ1) is 18.0. The molecule has 0 saturated carbocycles. The number of amides is 1. The fraction of sp³-hybridized carbons (Fsp3) is 0.944. The average Bonchev–Trinajstić information content (AvgIpc) is 2.43. The maximum absolute atomic E-state index is 12.5. The Kier molecular flexibility index (Phi) is 5.76. The quantitative estimate of drug-likeness (QED) is 0.684. The fourth-order valence-corrected chi connectivity index (χ4v) is 10.6. The highest BCUT2D eigenvalue weighted by Crippen LogP contribution is 2.44. The molecule has 128 valence electrons. The lowest BCUT2D eigenvalue weighted by molar-refractivity contribution is -0.142. The average molecular weight is 326 g/mol. The number of nitrogens with zero attached hydrogens (tertiary/aromatic N) is 1. The first-order valence-corrected chi connectivity index (χ1v) is 11.4. The lowest BCUT2D eigenvalue weighted by atomic mass is 9.91. The maximum atomic E-state index is 12.5. The van der Waals surface area contributed by atoms with E-state index in [0.29, 0.717) is 35.0 Å². The van der Waals surface area contributed by atoms with Crippen molar-refractivity contribution in [3.8, 4) is 0 Å². The van der Waals surface area contributed by atoms with Gasteiger partial charge in [0.25, 0.3) is 0 Å². The van der Waals surface area contributed by atoms with Crippen LogP contribution in [0.25, 0.3) is 0 Å². The van der Waals surface area contributed by atoms with Crippen molar-refractivity contribution in [2.75, 3.05) is 6.54 Å². The Morgan fingerprint density at radius 1 is 1.05 bits per heavy atom. The minimum Gasteiger partial charge on any atom is -0.413 e. The topological polar surface area (TPSA) is 29.5 Å². The summed E-state index contributed by atoms with van der Waals surface area (Å²) in [5.74, 6) is 0.333. The number of hydrogen-bond acceptors (Lipinski definition) is 2. The summed E-state index contributed by atoms with van der Waals surface area (Å²) >= 11 is 0. The number of piperidine rings is 2. The van der Waals surface area contributed by atoms with Gasteiger partial charge in [-0.15, -0.1) is 0 Å². The summed E-state index contributed by atoms with van der Waals surface area (Å²) in [5, 5.41) is 0. The van der Waals surface area contributed by atoms with E-state index in [1.807, 2.05) is 0 Å². The molecule has 2 heterocycles. The van der Waals surface area contributed by atoms with Crippen LogP contribution >= 0.6 is 0 Å². The molecule has 2 aliphatic heterocycles. The van der Waals surface area contributed by atoms with Crippen molar-refractivity contribution in [2.24, 2.45) is 0 Å². The molecule has 2 saturated heterocycles. The second-order valence-electron chi connectivity index (χ2n) is 8.23. The van der Waals surface area contributed by atoms with Crippen LogP contribution in [0.2, 0.25) is 16.6 Å². The molecule has 1 amide bonds. The van der Waals surface area contributed by atoms with Crippen LogP contribution in [0.15, 0.2) is 0 Å². The van der Waals surface area contributed by atoms with E-state index < -0.39 is 8.32 Å². The van der Waals surface area contributed by atoms with Gasteiger partial charge in [0.2, 0.25) is 14.2 Å². The van der Waals surface area contributed by atoms with Gasteiger partial charge in [0.1, 0.15) is 0 Å². The molecule has 0 aromatic heterocycles. The van der Waals surface area contributed by atoms with Crippen LogP contribution in [0, 0.1) is 0 Å². The van der Waals surface area contributed by atoms with E-state index in [1.165, 1.54) is 19.3 Å². The van der Waals surface area contributed by atoms with Gasteiger partial charge in [0, 0.05) is 12.6 Å². The second kappa shape index (κ2) is 7.04. The third-order valence-corrected chi connectivity index (χ3v) is 12.1. The van der Waals surface area contributed by atoms with Gasteiger partial charge in [0.05, 0.1) is 12.5 Å². The molecule has 0 aromatic carbocycles. The Hall–Kier alpha value is -0.353. The smallest absolute Gasteiger partial charge is 0.225 e. The predicted molar refractivity (Wildman–Crippen MR) is 94.5 cm³/mol. The number of fused-ring (bicyclic) bond motifs is 1. The van der Waals surface area contributed by atoms with Crippen LogP contribution in [0.3, 0.4) is 0 Å². The van der Waals surface area contributed by atoms with Crippen molar-refractivity contribution in [3.63, 3.8) is 0 Å². The number of carbonyl (C=O) groups is 1. The molecule has 4 heteroatoms. The van der Waals surface area contributed by atoms with Gasteiger partial charge in [-0.3, -0.25) is 4.79 Å². The first-order valence-electron chi connectivity index (χ1n) is 9.26. The van der Waals surface area contributed by atoms with Crippen molar-refractivity contribution in [2.45, 2.75) is 102 Å². The summed E-state index contributed by atoms with van der Waals surface area (Å²) in [4.78, 5) is 14.6. The molecule has 3 nitrogen and oxygen atoms in total.